The molecule has 9 heteroatoms. The van der Waals surface area contributed by atoms with E-state index < -0.39 is 12.2 Å². The summed E-state index contributed by atoms with van der Waals surface area (Å²) in [5.74, 6) is -0.137. The molecule has 5 rings (SSSR count). The summed E-state index contributed by atoms with van der Waals surface area (Å²) in [5.41, 5.74) is 3.10. The lowest BCUT2D eigenvalue weighted by Gasteiger charge is -2.37. The maximum atomic E-state index is 13.4. The number of hydrogen-bond donors (Lipinski definition) is 3. The van der Waals surface area contributed by atoms with E-state index in [9.17, 15) is 19.1 Å². The number of fused-ring (bicyclic) bond motifs is 3. The third-order valence-electron chi connectivity index (χ3n) is 6.69. The highest BCUT2D eigenvalue weighted by molar-refractivity contribution is 5.92. The first-order valence-electron chi connectivity index (χ1n) is 12.3. The molecule has 0 unspecified atom stereocenters. The Balaban J connectivity index is 1.23. The third-order valence-corrected chi connectivity index (χ3v) is 6.69. The second kappa shape index (κ2) is 11.1. The topological polar surface area (TPSA) is 110 Å². The van der Waals surface area contributed by atoms with Crippen LogP contribution in [0.25, 0.3) is 0 Å². The number of aliphatic hydroxyl groups excluding tert-OH is 1. The van der Waals surface area contributed by atoms with Crippen molar-refractivity contribution in [3.8, 4) is 5.75 Å². The van der Waals surface area contributed by atoms with Crippen molar-refractivity contribution in [1.82, 2.24) is 10.3 Å². The summed E-state index contributed by atoms with van der Waals surface area (Å²) in [5, 5.41) is 15.7. The maximum absolute atomic E-state index is 13.4. The molecule has 3 heterocycles. The van der Waals surface area contributed by atoms with Crippen LogP contribution in [0.3, 0.4) is 0 Å². The number of nitrogens with zero attached hydrogens (tertiary/aromatic N) is 1. The Morgan fingerprint density at radius 1 is 1.05 bits per heavy atom. The predicted molar refractivity (Wildman–Crippen MR) is 133 cm³/mol. The number of aliphatic hydroxyl groups is 1. The normalized spacial score (nSPS) is 21.9. The Labute approximate surface area is 213 Å². The van der Waals surface area contributed by atoms with Crippen molar-refractivity contribution in [3.05, 3.63) is 89.5 Å². The van der Waals surface area contributed by atoms with Crippen LogP contribution in [0.1, 0.15) is 35.4 Å². The van der Waals surface area contributed by atoms with Crippen LogP contribution in [0.2, 0.25) is 0 Å². The number of nitrogens with one attached hydrogen (secondary N) is 2. The van der Waals surface area contributed by atoms with E-state index in [1.54, 1.807) is 42.7 Å². The molecule has 2 amide bonds. The van der Waals surface area contributed by atoms with Crippen LogP contribution >= 0.6 is 0 Å². The van der Waals surface area contributed by atoms with E-state index in [1.165, 1.54) is 12.1 Å². The van der Waals surface area contributed by atoms with Gasteiger partial charge in [0.05, 0.1) is 25.6 Å². The van der Waals surface area contributed by atoms with E-state index in [4.69, 9.17) is 9.47 Å². The lowest BCUT2D eigenvalue weighted by molar-refractivity contribution is -0.142. The lowest BCUT2D eigenvalue weighted by Crippen LogP contribution is -2.47. The zero-order valence-corrected chi connectivity index (χ0v) is 20.1. The Bertz CT molecular complexity index is 1270. The zero-order valence-electron chi connectivity index (χ0n) is 20.1. The molecule has 1 fully saturated rings. The van der Waals surface area contributed by atoms with Gasteiger partial charge in [0.2, 0.25) is 11.8 Å². The second-order valence-electron chi connectivity index (χ2n) is 9.35. The minimum atomic E-state index is -0.586. The van der Waals surface area contributed by atoms with Gasteiger partial charge in [-0.2, -0.15) is 0 Å². The summed E-state index contributed by atoms with van der Waals surface area (Å²) in [4.78, 5) is 29.1. The molecule has 0 radical (unpaired) electrons. The first kappa shape index (κ1) is 24.9. The number of ether oxygens (including phenoxy) is 2. The molecule has 3 N–H and O–H groups in total. The quantitative estimate of drug-likeness (QED) is 0.434. The molecule has 0 aliphatic carbocycles. The van der Waals surface area contributed by atoms with E-state index in [-0.39, 0.29) is 55.6 Å². The van der Waals surface area contributed by atoms with Crippen molar-refractivity contribution in [2.45, 2.75) is 50.0 Å². The molecule has 1 saturated heterocycles. The number of rotatable bonds is 8. The van der Waals surface area contributed by atoms with Crippen LogP contribution < -0.4 is 15.4 Å². The zero-order chi connectivity index (χ0) is 25.8. The lowest BCUT2D eigenvalue weighted by atomic mass is 9.84. The number of benzene rings is 2. The fraction of sp³-hybridized carbons (Fsp3) is 0.321. The van der Waals surface area contributed by atoms with Gasteiger partial charge in [-0.1, -0.05) is 12.1 Å². The van der Waals surface area contributed by atoms with Gasteiger partial charge in [0, 0.05) is 36.1 Å². The molecule has 37 heavy (non-hydrogen) atoms. The molecule has 3 aromatic rings. The summed E-state index contributed by atoms with van der Waals surface area (Å²) in [6.45, 7) is -0.0284. The Hall–Kier alpha value is -3.82. The minimum Gasteiger partial charge on any atom is -0.487 e. The smallest absolute Gasteiger partial charge is 0.228 e. The first-order valence-corrected chi connectivity index (χ1v) is 12.3. The Kier molecular flexibility index (Phi) is 7.43. The van der Waals surface area contributed by atoms with Crippen molar-refractivity contribution < 1.29 is 28.6 Å². The molecule has 8 nitrogen and oxygen atoms in total. The van der Waals surface area contributed by atoms with Gasteiger partial charge in [0.15, 0.2) is 0 Å². The summed E-state index contributed by atoms with van der Waals surface area (Å²) >= 11 is 0. The SMILES string of the molecule is O=C(C[C@@H]1C[C@H]2c3cc(NC(=O)Cc4ccncc4)ccc3O[C@H]2[C@@H](CO)O1)NCc1cccc(F)c1. The summed E-state index contributed by atoms with van der Waals surface area (Å²) in [7, 11) is 0. The van der Waals surface area contributed by atoms with Gasteiger partial charge in [-0.25, -0.2) is 4.39 Å². The van der Waals surface area contributed by atoms with Gasteiger partial charge < -0.3 is 25.2 Å². The highest BCUT2D eigenvalue weighted by atomic mass is 19.1. The number of amides is 2. The largest absolute Gasteiger partial charge is 0.487 e. The van der Waals surface area contributed by atoms with Crippen molar-refractivity contribution >= 4 is 17.5 Å². The molecule has 4 atom stereocenters. The number of anilines is 1. The van der Waals surface area contributed by atoms with Gasteiger partial charge >= 0.3 is 0 Å². The average Bonchev–Trinajstić information content (AvgIpc) is 3.25. The fourth-order valence-corrected chi connectivity index (χ4v) is 4.98. The molecule has 2 aromatic carbocycles. The van der Waals surface area contributed by atoms with Crippen molar-refractivity contribution in [2.24, 2.45) is 0 Å². The van der Waals surface area contributed by atoms with Crippen molar-refractivity contribution in [1.29, 1.82) is 0 Å². The minimum absolute atomic E-state index is 0.0982. The third kappa shape index (κ3) is 5.95. The van der Waals surface area contributed by atoms with Crippen LogP contribution in [0, 0.1) is 5.82 Å². The van der Waals surface area contributed by atoms with Crippen molar-refractivity contribution in [3.63, 3.8) is 0 Å². The first-order chi connectivity index (χ1) is 18.0. The highest BCUT2D eigenvalue weighted by Crippen LogP contribution is 2.47. The molecule has 192 valence electrons. The average molecular weight is 506 g/mol. The molecule has 0 saturated carbocycles. The number of carbonyl (C=O) groups excluding carboxylic acids is 2. The van der Waals surface area contributed by atoms with Crippen molar-refractivity contribution in [2.75, 3.05) is 11.9 Å². The predicted octanol–water partition coefficient (Wildman–Crippen LogP) is 3.10. The van der Waals surface area contributed by atoms with Gasteiger partial charge in [0.1, 0.15) is 23.8 Å². The van der Waals surface area contributed by atoms with Gasteiger partial charge in [-0.3, -0.25) is 14.6 Å². The molecule has 0 spiro atoms. The summed E-state index contributed by atoms with van der Waals surface area (Å²) < 4.78 is 25.5. The van der Waals surface area contributed by atoms with Gasteiger partial charge in [0.25, 0.3) is 0 Å². The summed E-state index contributed by atoms with van der Waals surface area (Å²) in [6, 6.07) is 15.2. The molecule has 2 aliphatic heterocycles. The number of carbonyl (C=O) groups is 2. The number of halogens is 1. The molecular weight excluding hydrogens is 477 g/mol. The standard InChI is InChI=1S/C28H28FN3O5/c29-19-3-1-2-18(10-19)15-31-26(34)14-21-13-23-22-12-20(32-27(35)11-17-6-8-30-9-7-17)4-5-24(22)37-28(23)25(16-33)36-21/h1-10,12,21,23,25,28,33H,11,13-16H2,(H,31,34)(H,32,35)/t21-,23-,25+,28+/m0/s1. The van der Waals surface area contributed by atoms with E-state index in [0.29, 0.717) is 23.4 Å². The molecule has 0 bridgehead atoms. The summed E-state index contributed by atoms with van der Waals surface area (Å²) in [6.07, 6.45) is 2.77. The molecule has 1 aromatic heterocycles. The van der Waals surface area contributed by atoms with Crippen LogP contribution in [-0.2, 0) is 27.3 Å². The van der Waals surface area contributed by atoms with Crippen LogP contribution in [-0.4, -0.2) is 46.8 Å². The van der Waals surface area contributed by atoms with Crippen LogP contribution in [0.5, 0.6) is 5.75 Å². The second-order valence-corrected chi connectivity index (χ2v) is 9.35. The highest BCUT2D eigenvalue weighted by Gasteiger charge is 2.46. The van der Waals surface area contributed by atoms with Crippen LogP contribution in [0.4, 0.5) is 10.1 Å². The van der Waals surface area contributed by atoms with E-state index >= 15 is 0 Å². The Morgan fingerprint density at radius 2 is 1.89 bits per heavy atom. The molecular formula is C28H28FN3O5. The van der Waals surface area contributed by atoms with E-state index in [0.717, 1.165) is 11.1 Å². The van der Waals surface area contributed by atoms with Crippen LogP contribution in [0.15, 0.2) is 67.0 Å². The Morgan fingerprint density at radius 3 is 2.68 bits per heavy atom. The fourth-order valence-electron chi connectivity index (χ4n) is 4.98. The number of hydrogen-bond acceptors (Lipinski definition) is 6. The number of pyridine rings is 1. The van der Waals surface area contributed by atoms with E-state index in [1.807, 2.05) is 12.1 Å². The van der Waals surface area contributed by atoms with Gasteiger partial charge in [-0.05, 0) is 60.0 Å². The van der Waals surface area contributed by atoms with E-state index in [2.05, 4.69) is 15.6 Å². The monoisotopic (exact) mass is 505 g/mol. The number of aromatic nitrogens is 1. The maximum Gasteiger partial charge on any atom is 0.228 e. The molecule has 2 aliphatic rings. The van der Waals surface area contributed by atoms with Gasteiger partial charge in [-0.15, -0.1) is 0 Å².